The molecule has 1 aromatic heterocycles. The average Bonchev–Trinajstić information content (AvgIpc) is 3.53. The lowest BCUT2D eigenvalue weighted by molar-refractivity contribution is 0.669. The molecular formula is C46H35NO. The summed E-state index contributed by atoms with van der Waals surface area (Å²) in [5.41, 5.74) is 14.4. The van der Waals surface area contributed by atoms with Gasteiger partial charge in [0, 0.05) is 22.1 Å². The van der Waals surface area contributed by atoms with Gasteiger partial charge in [0.15, 0.2) is 0 Å². The monoisotopic (exact) mass is 617 g/mol. The number of benzene rings is 6. The number of aryl methyl sites for hydroxylation is 1. The fourth-order valence-electron chi connectivity index (χ4n) is 7.44. The van der Waals surface area contributed by atoms with Gasteiger partial charge in [0.2, 0.25) is 0 Å². The molecule has 48 heavy (non-hydrogen) atoms. The number of rotatable bonds is 6. The topological polar surface area (TPSA) is 16.4 Å². The summed E-state index contributed by atoms with van der Waals surface area (Å²) in [5.74, 6) is 0. The molecule has 0 aliphatic heterocycles. The number of anilines is 2. The van der Waals surface area contributed by atoms with E-state index in [1.807, 2.05) is 0 Å². The Balaban J connectivity index is 1.17. The van der Waals surface area contributed by atoms with E-state index in [2.05, 4.69) is 175 Å². The summed E-state index contributed by atoms with van der Waals surface area (Å²) in [6, 6.07) is 52.6. The van der Waals surface area contributed by atoms with Gasteiger partial charge >= 0.3 is 0 Å². The van der Waals surface area contributed by atoms with E-state index in [1.165, 1.54) is 55.9 Å². The fraction of sp³-hybridized carbons (Fsp3) is 0.0870. The Morgan fingerprint density at radius 3 is 1.88 bits per heavy atom. The first-order valence-corrected chi connectivity index (χ1v) is 16.9. The van der Waals surface area contributed by atoms with Crippen molar-refractivity contribution in [2.45, 2.75) is 25.3 Å². The van der Waals surface area contributed by atoms with E-state index in [4.69, 9.17) is 4.42 Å². The quantitative estimate of drug-likeness (QED) is 0.185. The van der Waals surface area contributed by atoms with Crippen molar-refractivity contribution in [3.63, 3.8) is 0 Å². The Morgan fingerprint density at radius 2 is 1.17 bits per heavy atom. The van der Waals surface area contributed by atoms with Gasteiger partial charge in [0.1, 0.15) is 11.2 Å². The van der Waals surface area contributed by atoms with Crippen LogP contribution in [0, 0.1) is 0 Å². The maximum absolute atomic E-state index is 6.39. The van der Waals surface area contributed by atoms with Crippen LogP contribution in [0.3, 0.4) is 0 Å². The van der Waals surface area contributed by atoms with Crippen LogP contribution in [-0.4, -0.2) is 6.04 Å². The van der Waals surface area contributed by atoms with Gasteiger partial charge in [0.25, 0.3) is 0 Å². The van der Waals surface area contributed by atoms with Crippen LogP contribution in [0.1, 0.15) is 35.1 Å². The van der Waals surface area contributed by atoms with E-state index >= 15 is 0 Å². The lowest BCUT2D eigenvalue weighted by Crippen LogP contribution is -2.31. The highest BCUT2D eigenvalue weighted by Crippen LogP contribution is 2.40. The molecule has 6 aromatic carbocycles. The Hall–Kier alpha value is -5.86. The third-order valence-corrected chi connectivity index (χ3v) is 9.84. The molecule has 0 radical (unpaired) electrons. The predicted molar refractivity (Wildman–Crippen MR) is 202 cm³/mol. The van der Waals surface area contributed by atoms with E-state index in [9.17, 15) is 0 Å². The van der Waals surface area contributed by atoms with Crippen molar-refractivity contribution in [1.29, 1.82) is 0 Å². The third kappa shape index (κ3) is 5.26. The Morgan fingerprint density at radius 1 is 0.562 bits per heavy atom. The highest BCUT2D eigenvalue weighted by Gasteiger charge is 2.25. The zero-order chi connectivity index (χ0) is 31.9. The second-order valence-electron chi connectivity index (χ2n) is 12.8. The van der Waals surface area contributed by atoms with Crippen LogP contribution in [0.25, 0.3) is 50.3 Å². The summed E-state index contributed by atoms with van der Waals surface area (Å²) >= 11 is 0. The maximum atomic E-state index is 6.39. The molecule has 0 bridgehead atoms. The molecule has 1 heterocycles. The van der Waals surface area contributed by atoms with E-state index in [1.54, 1.807) is 0 Å². The number of hydrogen-bond donors (Lipinski definition) is 0. The van der Waals surface area contributed by atoms with Crippen molar-refractivity contribution in [3.05, 3.63) is 186 Å². The molecule has 2 aliphatic carbocycles. The SMILES string of the molecule is C1=Cc2cc(-c3ccc4oc5ccc(C6=CC(N(c7ccccc7)c7ccccc7)CC(c7ccccc7)=C6)cc5c4c3)ccc2CC1. The molecule has 2 heteroatoms. The summed E-state index contributed by atoms with van der Waals surface area (Å²) in [5, 5.41) is 2.29. The minimum absolute atomic E-state index is 0.117. The van der Waals surface area contributed by atoms with Crippen LogP contribution in [0.15, 0.2) is 168 Å². The first-order valence-electron chi connectivity index (χ1n) is 16.9. The van der Waals surface area contributed by atoms with Crippen LogP contribution in [-0.2, 0) is 6.42 Å². The fourth-order valence-corrected chi connectivity index (χ4v) is 7.44. The first-order chi connectivity index (χ1) is 23.8. The molecule has 2 nitrogen and oxygen atoms in total. The molecule has 0 amide bonds. The van der Waals surface area contributed by atoms with Crippen LogP contribution in [0.5, 0.6) is 0 Å². The zero-order valence-corrected chi connectivity index (χ0v) is 26.7. The van der Waals surface area contributed by atoms with Crippen LogP contribution < -0.4 is 4.90 Å². The number of nitrogens with zero attached hydrogens (tertiary/aromatic N) is 1. The van der Waals surface area contributed by atoms with Gasteiger partial charge in [-0.3, -0.25) is 0 Å². The second kappa shape index (κ2) is 12.1. The molecule has 0 saturated carbocycles. The predicted octanol–water partition coefficient (Wildman–Crippen LogP) is 12.3. The first kappa shape index (κ1) is 28.4. The van der Waals surface area contributed by atoms with Gasteiger partial charge < -0.3 is 9.32 Å². The molecule has 0 fully saturated rings. The van der Waals surface area contributed by atoms with Crippen molar-refractivity contribution in [2.24, 2.45) is 0 Å². The zero-order valence-electron chi connectivity index (χ0n) is 26.7. The van der Waals surface area contributed by atoms with Crippen LogP contribution in [0.4, 0.5) is 11.4 Å². The van der Waals surface area contributed by atoms with Crippen LogP contribution in [0.2, 0.25) is 0 Å². The van der Waals surface area contributed by atoms with Gasteiger partial charge in [-0.2, -0.15) is 0 Å². The normalized spacial score (nSPS) is 15.6. The lowest BCUT2D eigenvalue weighted by Gasteiger charge is -2.35. The molecule has 1 atom stereocenters. The average molecular weight is 618 g/mol. The minimum atomic E-state index is 0.117. The number of para-hydroxylation sites is 2. The van der Waals surface area contributed by atoms with Gasteiger partial charge in [-0.15, -0.1) is 0 Å². The molecule has 0 saturated heterocycles. The highest BCUT2D eigenvalue weighted by atomic mass is 16.3. The summed E-state index contributed by atoms with van der Waals surface area (Å²) in [6.07, 6.45) is 12.5. The smallest absolute Gasteiger partial charge is 0.135 e. The Bertz CT molecular complexity index is 2320. The summed E-state index contributed by atoms with van der Waals surface area (Å²) in [6.45, 7) is 0. The van der Waals surface area contributed by atoms with E-state index in [0.717, 1.165) is 41.2 Å². The largest absolute Gasteiger partial charge is 0.456 e. The molecule has 7 aromatic rings. The highest BCUT2D eigenvalue weighted by molar-refractivity contribution is 6.07. The van der Waals surface area contributed by atoms with Crippen molar-refractivity contribution in [1.82, 2.24) is 0 Å². The molecule has 0 N–H and O–H groups in total. The number of hydrogen-bond acceptors (Lipinski definition) is 2. The standard InChI is InChI=1S/C46H35NO/c1-4-12-32(13-5-1)38-27-39(29-42(28-38)47(40-16-6-2-7-17-40)41-18-8-3-9-19-41)37-23-25-46-44(31-37)43-30-36(22-24-45(43)48-46)35-21-20-33-14-10-11-15-34(33)26-35/h1-9,11-13,15-27,29-31,42H,10,14,28H2. The summed E-state index contributed by atoms with van der Waals surface area (Å²) < 4.78 is 6.39. The van der Waals surface area contributed by atoms with Crippen molar-refractivity contribution in [3.8, 4) is 11.1 Å². The van der Waals surface area contributed by atoms with Gasteiger partial charge in [-0.1, -0.05) is 115 Å². The summed E-state index contributed by atoms with van der Waals surface area (Å²) in [4.78, 5) is 2.47. The molecule has 9 rings (SSSR count). The lowest BCUT2D eigenvalue weighted by atomic mass is 9.86. The minimum Gasteiger partial charge on any atom is -0.456 e. The van der Waals surface area contributed by atoms with Crippen molar-refractivity contribution < 1.29 is 4.42 Å². The van der Waals surface area contributed by atoms with E-state index in [0.29, 0.717) is 0 Å². The Labute approximate surface area is 281 Å². The van der Waals surface area contributed by atoms with Crippen molar-refractivity contribution >= 4 is 50.5 Å². The molecular weight excluding hydrogens is 583 g/mol. The molecule has 230 valence electrons. The molecule has 2 aliphatic rings. The van der Waals surface area contributed by atoms with Crippen molar-refractivity contribution in [2.75, 3.05) is 4.90 Å². The van der Waals surface area contributed by atoms with E-state index in [-0.39, 0.29) is 6.04 Å². The Kier molecular flexibility index (Phi) is 7.13. The molecule has 1 unspecified atom stereocenters. The third-order valence-electron chi connectivity index (χ3n) is 9.84. The van der Waals surface area contributed by atoms with Gasteiger partial charge in [-0.25, -0.2) is 0 Å². The summed E-state index contributed by atoms with van der Waals surface area (Å²) in [7, 11) is 0. The number of fused-ring (bicyclic) bond motifs is 4. The van der Waals surface area contributed by atoms with Gasteiger partial charge in [0.05, 0.1) is 6.04 Å². The van der Waals surface area contributed by atoms with Gasteiger partial charge in [-0.05, 0) is 118 Å². The molecule has 0 spiro atoms. The maximum Gasteiger partial charge on any atom is 0.135 e. The van der Waals surface area contributed by atoms with Crippen LogP contribution >= 0.6 is 0 Å². The van der Waals surface area contributed by atoms with E-state index < -0.39 is 0 Å². The number of furan rings is 1. The number of allylic oxidation sites excluding steroid dienone is 3. The second-order valence-corrected chi connectivity index (χ2v) is 12.8.